The molecule has 0 aliphatic heterocycles. The number of hydrogen-bond donors (Lipinski definition) is 2. The summed E-state index contributed by atoms with van der Waals surface area (Å²) in [6.07, 6.45) is 0.997. The van der Waals surface area contributed by atoms with Crippen molar-refractivity contribution in [3.05, 3.63) is 20.8 Å². The van der Waals surface area contributed by atoms with E-state index >= 15 is 0 Å². The Morgan fingerprint density at radius 3 is 2.50 bits per heavy atom. The van der Waals surface area contributed by atoms with Gasteiger partial charge in [-0.2, -0.15) is 0 Å². The number of nitrogens with one attached hydrogen (secondary N) is 2. The Morgan fingerprint density at radius 1 is 1.31 bits per heavy atom. The van der Waals surface area contributed by atoms with Crippen LogP contribution in [0, 0.1) is 0 Å². The molecule has 0 fully saturated rings. The maximum atomic E-state index is 4.49. The second-order valence-corrected chi connectivity index (χ2v) is 5.79. The number of rotatable bonds is 5. The predicted octanol–water partition coefficient (Wildman–Crippen LogP) is 2.63. The first-order chi connectivity index (χ1) is 7.76. The highest BCUT2D eigenvalue weighted by molar-refractivity contribution is 9.11. The highest BCUT2D eigenvalue weighted by atomic mass is 79.9. The summed E-state index contributed by atoms with van der Waals surface area (Å²) >= 11 is 5.23. The quantitative estimate of drug-likeness (QED) is 0.648. The molecule has 0 radical (unpaired) electrons. The van der Waals surface area contributed by atoms with Crippen LogP contribution in [0.2, 0.25) is 0 Å². The minimum absolute atomic E-state index is 0.822. The van der Waals surface area contributed by atoms with Gasteiger partial charge in [0.25, 0.3) is 0 Å². The van der Waals surface area contributed by atoms with Crippen molar-refractivity contribution in [2.24, 2.45) is 4.99 Å². The Balaban J connectivity index is 2.38. The molecule has 1 heterocycles. The molecule has 2 N–H and O–H groups in total. The zero-order valence-corrected chi connectivity index (χ0v) is 12.1. The standard InChI is InChI=1S/C11H18BrN3S/c1-3-13-11(14-4-2)15-8-7-9-5-6-10(12)16-9/h5-6H,3-4,7-8H2,1-2H3,(H2,13,14,15). The van der Waals surface area contributed by atoms with Crippen molar-refractivity contribution in [3.8, 4) is 0 Å². The average Bonchev–Trinajstić information content (AvgIpc) is 2.65. The van der Waals surface area contributed by atoms with Crippen LogP contribution < -0.4 is 10.6 Å². The molecule has 0 atom stereocenters. The fraction of sp³-hybridized carbons (Fsp3) is 0.545. The first kappa shape index (κ1) is 13.5. The van der Waals surface area contributed by atoms with Gasteiger partial charge in [-0.05, 0) is 41.9 Å². The number of hydrogen-bond acceptors (Lipinski definition) is 2. The maximum Gasteiger partial charge on any atom is 0.191 e. The van der Waals surface area contributed by atoms with Crippen LogP contribution in [0.5, 0.6) is 0 Å². The Kier molecular flexibility index (Phi) is 6.49. The fourth-order valence-electron chi connectivity index (χ4n) is 1.27. The van der Waals surface area contributed by atoms with E-state index in [2.05, 4.69) is 57.5 Å². The largest absolute Gasteiger partial charge is 0.357 e. The molecule has 1 rings (SSSR count). The molecule has 0 aliphatic rings. The van der Waals surface area contributed by atoms with Crippen LogP contribution in [0.4, 0.5) is 0 Å². The molecule has 0 spiro atoms. The van der Waals surface area contributed by atoms with E-state index in [4.69, 9.17) is 0 Å². The van der Waals surface area contributed by atoms with Gasteiger partial charge in [0.2, 0.25) is 0 Å². The monoisotopic (exact) mass is 303 g/mol. The Labute approximate surface area is 109 Å². The number of halogens is 1. The highest BCUT2D eigenvalue weighted by Crippen LogP contribution is 2.22. The molecule has 0 unspecified atom stereocenters. The fourth-order valence-corrected chi connectivity index (χ4v) is 2.75. The van der Waals surface area contributed by atoms with E-state index in [1.165, 1.54) is 8.66 Å². The Hall–Kier alpha value is -0.550. The molecule has 1 aromatic rings. The maximum absolute atomic E-state index is 4.49. The van der Waals surface area contributed by atoms with Gasteiger partial charge < -0.3 is 10.6 Å². The van der Waals surface area contributed by atoms with E-state index in [-0.39, 0.29) is 0 Å². The lowest BCUT2D eigenvalue weighted by Gasteiger charge is -2.08. The van der Waals surface area contributed by atoms with E-state index in [1.807, 2.05) is 0 Å². The summed E-state index contributed by atoms with van der Waals surface area (Å²) in [5.74, 6) is 0.903. The van der Waals surface area contributed by atoms with Crippen LogP contribution in [0.15, 0.2) is 20.9 Å². The molecule has 3 nitrogen and oxygen atoms in total. The zero-order chi connectivity index (χ0) is 11.8. The summed E-state index contributed by atoms with van der Waals surface area (Å²) in [6.45, 7) is 6.77. The normalized spacial score (nSPS) is 9.94. The molecule has 16 heavy (non-hydrogen) atoms. The Bertz CT molecular complexity index is 328. The van der Waals surface area contributed by atoms with Gasteiger partial charge in [0.05, 0.1) is 3.79 Å². The van der Waals surface area contributed by atoms with Crippen LogP contribution in [0.3, 0.4) is 0 Å². The number of thiophene rings is 1. The molecule has 0 saturated heterocycles. The van der Waals surface area contributed by atoms with Crippen LogP contribution in [-0.4, -0.2) is 25.6 Å². The van der Waals surface area contributed by atoms with E-state index in [0.717, 1.165) is 32.0 Å². The molecular formula is C11H18BrN3S. The SMILES string of the molecule is CCNC(=NCCc1ccc(Br)s1)NCC. The first-order valence-electron chi connectivity index (χ1n) is 5.52. The third kappa shape index (κ3) is 4.99. The van der Waals surface area contributed by atoms with Gasteiger partial charge >= 0.3 is 0 Å². The van der Waals surface area contributed by atoms with Crippen molar-refractivity contribution >= 4 is 33.2 Å². The van der Waals surface area contributed by atoms with Crippen molar-refractivity contribution in [1.82, 2.24) is 10.6 Å². The average molecular weight is 304 g/mol. The summed E-state index contributed by atoms with van der Waals surface area (Å²) in [4.78, 5) is 5.86. The third-order valence-corrected chi connectivity index (χ3v) is 3.63. The van der Waals surface area contributed by atoms with Gasteiger partial charge in [-0.1, -0.05) is 0 Å². The van der Waals surface area contributed by atoms with Gasteiger partial charge in [-0.25, -0.2) is 0 Å². The van der Waals surface area contributed by atoms with Gasteiger partial charge in [0.15, 0.2) is 5.96 Å². The van der Waals surface area contributed by atoms with Crippen molar-refractivity contribution in [2.45, 2.75) is 20.3 Å². The summed E-state index contributed by atoms with van der Waals surface area (Å²) in [5.41, 5.74) is 0. The first-order valence-corrected chi connectivity index (χ1v) is 7.13. The van der Waals surface area contributed by atoms with Gasteiger partial charge in [0, 0.05) is 30.9 Å². The van der Waals surface area contributed by atoms with E-state index in [9.17, 15) is 0 Å². The highest BCUT2D eigenvalue weighted by Gasteiger charge is 1.98. The lowest BCUT2D eigenvalue weighted by Crippen LogP contribution is -2.37. The molecule has 0 amide bonds. The molecule has 5 heteroatoms. The van der Waals surface area contributed by atoms with Crippen molar-refractivity contribution in [1.29, 1.82) is 0 Å². The summed E-state index contributed by atoms with van der Waals surface area (Å²) < 4.78 is 1.19. The second-order valence-electron chi connectivity index (χ2n) is 3.25. The van der Waals surface area contributed by atoms with Crippen LogP contribution >= 0.6 is 27.3 Å². The third-order valence-electron chi connectivity index (χ3n) is 1.95. The summed E-state index contributed by atoms with van der Waals surface area (Å²) in [5, 5.41) is 6.42. The molecule has 0 aromatic carbocycles. The van der Waals surface area contributed by atoms with Crippen molar-refractivity contribution in [3.63, 3.8) is 0 Å². The smallest absolute Gasteiger partial charge is 0.191 e. The molecule has 90 valence electrons. The number of aliphatic imine (C=N–C) groups is 1. The second kappa shape index (κ2) is 7.68. The van der Waals surface area contributed by atoms with Crippen LogP contribution in [0.1, 0.15) is 18.7 Å². The van der Waals surface area contributed by atoms with E-state index < -0.39 is 0 Å². The lowest BCUT2D eigenvalue weighted by molar-refractivity contribution is 0.835. The van der Waals surface area contributed by atoms with Crippen molar-refractivity contribution in [2.75, 3.05) is 19.6 Å². The Morgan fingerprint density at radius 2 is 2.00 bits per heavy atom. The molecular weight excluding hydrogens is 286 g/mol. The molecule has 0 saturated carbocycles. The molecule has 1 aromatic heterocycles. The predicted molar refractivity (Wildman–Crippen MR) is 75.4 cm³/mol. The summed E-state index contributed by atoms with van der Waals surface area (Å²) in [7, 11) is 0. The van der Waals surface area contributed by atoms with E-state index in [0.29, 0.717) is 0 Å². The van der Waals surface area contributed by atoms with Crippen molar-refractivity contribution < 1.29 is 0 Å². The van der Waals surface area contributed by atoms with Crippen LogP contribution in [-0.2, 0) is 6.42 Å². The van der Waals surface area contributed by atoms with Gasteiger partial charge in [-0.15, -0.1) is 11.3 Å². The zero-order valence-electron chi connectivity index (χ0n) is 9.72. The minimum Gasteiger partial charge on any atom is -0.357 e. The lowest BCUT2D eigenvalue weighted by atomic mass is 10.3. The number of nitrogens with zero attached hydrogens (tertiary/aromatic N) is 1. The van der Waals surface area contributed by atoms with Crippen LogP contribution in [0.25, 0.3) is 0 Å². The minimum atomic E-state index is 0.822. The van der Waals surface area contributed by atoms with E-state index in [1.54, 1.807) is 11.3 Å². The number of guanidine groups is 1. The van der Waals surface area contributed by atoms with Gasteiger partial charge in [0.1, 0.15) is 0 Å². The topological polar surface area (TPSA) is 36.4 Å². The van der Waals surface area contributed by atoms with Gasteiger partial charge in [-0.3, -0.25) is 4.99 Å². The summed E-state index contributed by atoms with van der Waals surface area (Å²) in [6, 6.07) is 4.23. The molecule has 0 bridgehead atoms. The molecule has 0 aliphatic carbocycles.